The van der Waals surface area contributed by atoms with Gasteiger partial charge >= 0.3 is 6.18 Å². The Bertz CT molecular complexity index is 1070. The molecule has 0 spiro atoms. The van der Waals surface area contributed by atoms with Crippen molar-refractivity contribution in [1.29, 1.82) is 0 Å². The van der Waals surface area contributed by atoms with E-state index in [0.717, 1.165) is 6.54 Å². The Morgan fingerprint density at radius 3 is 2.73 bits per heavy atom. The molecule has 2 fully saturated rings. The first kappa shape index (κ1) is 19.3. The van der Waals surface area contributed by atoms with Gasteiger partial charge in [-0.15, -0.1) is 0 Å². The van der Waals surface area contributed by atoms with Gasteiger partial charge in [0.05, 0.1) is 29.0 Å². The third-order valence-electron chi connectivity index (χ3n) is 6.10. The second-order valence-electron chi connectivity index (χ2n) is 8.04. The number of hydrogen-bond donors (Lipinski definition) is 2. The van der Waals surface area contributed by atoms with Crippen molar-refractivity contribution in [2.75, 3.05) is 18.4 Å². The molecular weight excluding hydrogens is 398 g/mol. The Balaban J connectivity index is 1.49. The van der Waals surface area contributed by atoms with E-state index in [9.17, 15) is 17.6 Å². The van der Waals surface area contributed by atoms with Gasteiger partial charge in [-0.25, -0.2) is 14.4 Å². The molecule has 5 nitrogen and oxygen atoms in total. The second kappa shape index (κ2) is 6.94. The molecule has 1 saturated heterocycles. The van der Waals surface area contributed by atoms with Gasteiger partial charge in [-0.3, -0.25) is 4.40 Å². The highest BCUT2D eigenvalue weighted by molar-refractivity contribution is 5.62. The van der Waals surface area contributed by atoms with Crippen molar-refractivity contribution in [1.82, 2.24) is 19.7 Å². The van der Waals surface area contributed by atoms with Crippen LogP contribution in [0.2, 0.25) is 0 Å². The standard InChI is InChI=1S/C21H21F4N5/c22-14-10-26-9-6-15(14)28-18-3-1-2-16(29-18)17-11-27-19-5-4-13(12-30(17)19)20(7-8-20)21(23,24)25/h1-5,11-12,14-15,26H,6-10H2,(H,28,29)/t14-,15-/m0/s1. The van der Waals surface area contributed by atoms with E-state index in [1.807, 2.05) is 0 Å². The summed E-state index contributed by atoms with van der Waals surface area (Å²) in [7, 11) is 0. The van der Waals surface area contributed by atoms with Gasteiger partial charge in [0.15, 0.2) is 0 Å². The first-order chi connectivity index (χ1) is 14.4. The van der Waals surface area contributed by atoms with Crippen LogP contribution in [-0.2, 0) is 5.41 Å². The zero-order valence-corrected chi connectivity index (χ0v) is 16.1. The number of imidazole rings is 1. The monoisotopic (exact) mass is 419 g/mol. The van der Waals surface area contributed by atoms with E-state index in [4.69, 9.17) is 0 Å². The van der Waals surface area contributed by atoms with Crippen LogP contribution in [-0.4, -0.2) is 45.8 Å². The van der Waals surface area contributed by atoms with Gasteiger partial charge < -0.3 is 10.6 Å². The summed E-state index contributed by atoms with van der Waals surface area (Å²) in [6.07, 6.45) is -1.33. The average Bonchev–Trinajstić information content (AvgIpc) is 3.44. The number of aromatic nitrogens is 3. The van der Waals surface area contributed by atoms with Crippen molar-refractivity contribution in [3.8, 4) is 11.4 Å². The van der Waals surface area contributed by atoms with Crippen molar-refractivity contribution >= 4 is 11.5 Å². The van der Waals surface area contributed by atoms with Crippen molar-refractivity contribution < 1.29 is 17.6 Å². The van der Waals surface area contributed by atoms with E-state index >= 15 is 0 Å². The predicted molar refractivity (Wildman–Crippen MR) is 105 cm³/mol. The Morgan fingerprint density at radius 2 is 2.00 bits per heavy atom. The normalized spacial score (nSPS) is 23.5. The fourth-order valence-corrected chi connectivity index (χ4v) is 4.14. The summed E-state index contributed by atoms with van der Waals surface area (Å²) in [6, 6.07) is 8.11. The lowest BCUT2D eigenvalue weighted by Gasteiger charge is -2.28. The van der Waals surface area contributed by atoms with E-state index in [1.54, 1.807) is 34.9 Å². The molecule has 2 aliphatic rings. The van der Waals surface area contributed by atoms with Gasteiger partial charge in [0.25, 0.3) is 0 Å². The van der Waals surface area contributed by atoms with Gasteiger partial charge in [-0.1, -0.05) is 12.1 Å². The van der Waals surface area contributed by atoms with Crippen molar-refractivity contribution in [3.05, 3.63) is 48.3 Å². The summed E-state index contributed by atoms with van der Waals surface area (Å²) in [6.45, 7) is 1.03. The van der Waals surface area contributed by atoms with Crippen molar-refractivity contribution in [2.24, 2.45) is 0 Å². The summed E-state index contributed by atoms with van der Waals surface area (Å²) in [5, 5.41) is 6.15. The first-order valence-corrected chi connectivity index (χ1v) is 10.0. The number of alkyl halides is 4. The fourth-order valence-electron chi connectivity index (χ4n) is 4.14. The molecular formula is C21H21F4N5. The number of halogens is 4. The molecule has 3 aromatic rings. The van der Waals surface area contributed by atoms with Crippen molar-refractivity contribution in [2.45, 2.75) is 43.1 Å². The minimum absolute atomic E-state index is 0.102. The molecule has 0 unspecified atom stereocenters. The summed E-state index contributed by atoms with van der Waals surface area (Å²) < 4.78 is 56.4. The van der Waals surface area contributed by atoms with Crippen LogP contribution < -0.4 is 10.6 Å². The molecule has 0 radical (unpaired) electrons. The molecule has 0 bridgehead atoms. The van der Waals surface area contributed by atoms with E-state index in [0.29, 0.717) is 35.8 Å². The molecule has 3 aromatic heterocycles. The molecule has 4 heterocycles. The summed E-state index contributed by atoms with van der Waals surface area (Å²) in [4.78, 5) is 8.88. The predicted octanol–water partition coefficient (Wildman–Crippen LogP) is 4.10. The Kier molecular flexibility index (Phi) is 4.46. The average molecular weight is 419 g/mol. The maximum Gasteiger partial charge on any atom is 0.398 e. The largest absolute Gasteiger partial charge is 0.398 e. The van der Waals surface area contributed by atoms with Crippen LogP contribution in [0.5, 0.6) is 0 Å². The number of fused-ring (bicyclic) bond motifs is 1. The van der Waals surface area contributed by atoms with Gasteiger partial charge in [-0.05, 0) is 49.6 Å². The minimum Gasteiger partial charge on any atom is -0.364 e. The van der Waals surface area contributed by atoms with Crippen LogP contribution in [0.15, 0.2) is 42.7 Å². The van der Waals surface area contributed by atoms with Gasteiger partial charge in [0.2, 0.25) is 0 Å². The van der Waals surface area contributed by atoms with E-state index in [1.165, 1.54) is 12.3 Å². The number of piperidine rings is 1. The zero-order valence-electron chi connectivity index (χ0n) is 16.1. The molecule has 30 heavy (non-hydrogen) atoms. The van der Waals surface area contributed by atoms with E-state index < -0.39 is 17.8 Å². The van der Waals surface area contributed by atoms with Crippen LogP contribution in [0.1, 0.15) is 24.8 Å². The number of pyridine rings is 2. The Morgan fingerprint density at radius 1 is 1.17 bits per heavy atom. The quantitative estimate of drug-likeness (QED) is 0.626. The minimum atomic E-state index is -4.28. The second-order valence-corrected chi connectivity index (χ2v) is 8.04. The number of hydrogen-bond acceptors (Lipinski definition) is 4. The zero-order chi connectivity index (χ0) is 20.9. The highest BCUT2D eigenvalue weighted by Gasteiger charge is 2.64. The summed E-state index contributed by atoms with van der Waals surface area (Å²) in [5.74, 6) is 0.530. The van der Waals surface area contributed by atoms with Crippen LogP contribution in [0.3, 0.4) is 0 Å². The fraction of sp³-hybridized carbons (Fsp3) is 0.429. The van der Waals surface area contributed by atoms with E-state index in [2.05, 4.69) is 20.6 Å². The molecule has 0 aromatic carbocycles. The third kappa shape index (κ3) is 3.21. The first-order valence-electron chi connectivity index (χ1n) is 10.0. The van der Waals surface area contributed by atoms with Gasteiger partial charge in [0, 0.05) is 12.7 Å². The molecule has 5 rings (SSSR count). The summed E-state index contributed by atoms with van der Waals surface area (Å²) in [5.41, 5.74) is 0.187. The maximum atomic E-state index is 14.1. The maximum absolute atomic E-state index is 14.1. The smallest absolute Gasteiger partial charge is 0.364 e. The lowest BCUT2D eigenvalue weighted by atomic mass is 9.97. The number of rotatable bonds is 4. The van der Waals surface area contributed by atoms with E-state index in [-0.39, 0.29) is 24.4 Å². The number of nitrogens with zero attached hydrogens (tertiary/aromatic N) is 3. The van der Waals surface area contributed by atoms with Gasteiger partial charge in [-0.2, -0.15) is 13.2 Å². The lowest BCUT2D eigenvalue weighted by molar-refractivity contribution is -0.160. The molecule has 0 amide bonds. The van der Waals surface area contributed by atoms with Crippen LogP contribution >= 0.6 is 0 Å². The Hall–Kier alpha value is -2.68. The third-order valence-corrected chi connectivity index (χ3v) is 6.10. The molecule has 2 atom stereocenters. The van der Waals surface area contributed by atoms with Crippen LogP contribution in [0.25, 0.3) is 17.0 Å². The summed E-state index contributed by atoms with van der Waals surface area (Å²) >= 11 is 0. The molecule has 1 saturated carbocycles. The molecule has 1 aliphatic heterocycles. The molecule has 9 heteroatoms. The van der Waals surface area contributed by atoms with Crippen LogP contribution in [0, 0.1) is 0 Å². The SMILES string of the molecule is F[C@H]1CNCC[C@@H]1Nc1cccc(-c2cnc3ccc(C4(C(F)(F)F)CC4)cn23)n1. The van der Waals surface area contributed by atoms with Crippen LogP contribution in [0.4, 0.5) is 23.4 Å². The molecule has 2 N–H and O–H groups in total. The number of anilines is 1. The molecule has 1 aliphatic carbocycles. The van der Waals surface area contributed by atoms with Crippen molar-refractivity contribution in [3.63, 3.8) is 0 Å². The highest BCUT2D eigenvalue weighted by atomic mass is 19.4. The Labute approximate surface area is 170 Å². The lowest BCUT2D eigenvalue weighted by Crippen LogP contribution is -2.45. The highest BCUT2D eigenvalue weighted by Crippen LogP contribution is 2.58. The topological polar surface area (TPSA) is 54.2 Å². The molecule has 158 valence electrons. The van der Waals surface area contributed by atoms with Gasteiger partial charge in [0.1, 0.15) is 17.6 Å². The number of nitrogens with one attached hydrogen (secondary N) is 2.